The zero-order chi connectivity index (χ0) is 26.0. The Kier molecular flexibility index (Phi) is 6.78. The normalized spacial score (nSPS) is 12.8. The van der Waals surface area contributed by atoms with Crippen LogP contribution < -0.4 is 10.6 Å². The van der Waals surface area contributed by atoms with Crippen molar-refractivity contribution in [3.8, 4) is 0 Å². The largest absolute Gasteiger partial charge is 0.451 e. The number of esters is 1. The monoisotopic (exact) mass is 484 g/mol. The quantitative estimate of drug-likeness (QED) is 0.405. The topological polar surface area (TPSA) is 119 Å². The van der Waals surface area contributed by atoms with Gasteiger partial charge in [-0.15, -0.1) is 0 Å². The minimum atomic E-state index is -1.21. The van der Waals surface area contributed by atoms with Crippen molar-refractivity contribution >= 4 is 35.0 Å². The van der Waals surface area contributed by atoms with Crippen molar-refractivity contribution in [2.24, 2.45) is 0 Å². The average Bonchev–Trinajstić information content (AvgIpc) is 2.85. The SMILES string of the molecule is Cc1cc(C)cc(C(=O)NCC(=O)OC(C)C(=O)Nc2cccc3c2C(=O)c2ccccc2C3=O)c1. The Morgan fingerprint density at radius 3 is 2.11 bits per heavy atom. The van der Waals surface area contributed by atoms with E-state index in [1.807, 2.05) is 19.9 Å². The van der Waals surface area contributed by atoms with Crippen LogP contribution in [-0.4, -0.2) is 42.0 Å². The Morgan fingerprint density at radius 2 is 1.44 bits per heavy atom. The van der Waals surface area contributed by atoms with Gasteiger partial charge in [0.1, 0.15) is 6.54 Å². The van der Waals surface area contributed by atoms with Crippen LogP contribution in [0.15, 0.2) is 60.7 Å². The van der Waals surface area contributed by atoms with Crippen LogP contribution in [0, 0.1) is 13.8 Å². The number of hydrogen-bond acceptors (Lipinski definition) is 6. The molecule has 0 aromatic heterocycles. The summed E-state index contributed by atoms with van der Waals surface area (Å²) in [6.07, 6.45) is -1.21. The molecule has 1 atom stereocenters. The van der Waals surface area contributed by atoms with Gasteiger partial charge in [0, 0.05) is 22.3 Å². The van der Waals surface area contributed by atoms with Gasteiger partial charge in [-0.2, -0.15) is 0 Å². The molecular formula is C28H24N2O6. The molecule has 8 heteroatoms. The third-order valence-electron chi connectivity index (χ3n) is 5.76. The lowest BCUT2D eigenvalue weighted by Gasteiger charge is -2.21. The van der Waals surface area contributed by atoms with Gasteiger partial charge in [0.25, 0.3) is 11.8 Å². The van der Waals surface area contributed by atoms with E-state index in [1.54, 1.807) is 42.5 Å². The number of hydrogen-bond donors (Lipinski definition) is 2. The molecule has 1 unspecified atom stereocenters. The second-order valence-electron chi connectivity index (χ2n) is 8.61. The molecule has 182 valence electrons. The number of carbonyl (C=O) groups excluding carboxylic acids is 5. The van der Waals surface area contributed by atoms with E-state index in [-0.39, 0.29) is 33.9 Å². The van der Waals surface area contributed by atoms with Crippen molar-refractivity contribution in [3.05, 3.63) is 99.6 Å². The Labute approximate surface area is 207 Å². The molecule has 1 aliphatic carbocycles. The van der Waals surface area contributed by atoms with Crippen molar-refractivity contribution in [3.63, 3.8) is 0 Å². The van der Waals surface area contributed by atoms with Crippen molar-refractivity contribution < 1.29 is 28.7 Å². The van der Waals surface area contributed by atoms with E-state index < -0.39 is 30.4 Å². The first-order valence-corrected chi connectivity index (χ1v) is 11.3. The number of benzene rings is 3. The first kappa shape index (κ1) is 24.5. The molecule has 3 aromatic rings. The minimum Gasteiger partial charge on any atom is -0.451 e. The summed E-state index contributed by atoms with van der Waals surface area (Å²) in [5, 5.41) is 5.06. The van der Waals surface area contributed by atoms with Gasteiger partial charge < -0.3 is 15.4 Å². The van der Waals surface area contributed by atoms with Crippen molar-refractivity contribution in [2.45, 2.75) is 26.9 Å². The molecule has 36 heavy (non-hydrogen) atoms. The summed E-state index contributed by atoms with van der Waals surface area (Å²) in [5.41, 5.74) is 3.25. The third kappa shape index (κ3) is 4.93. The van der Waals surface area contributed by atoms with Crippen LogP contribution in [0.1, 0.15) is 60.3 Å². The van der Waals surface area contributed by atoms with E-state index in [4.69, 9.17) is 4.74 Å². The van der Waals surface area contributed by atoms with Crippen LogP contribution in [0.25, 0.3) is 0 Å². The second kappa shape index (κ2) is 9.95. The predicted molar refractivity (Wildman–Crippen MR) is 132 cm³/mol. The number of nitrogens with one attached hydrogen (secondary N) is 2. The van der Waals surface area contributed by atoms with E-state index in [0.717, 1.165) is 11.1 Å². The molecule has 2 N–H and O–H groups in total. The van der Waals surface area contributed by atoms with Crippen molar-refractivity contribution in [1.82, 2.24) is 5.32 Å². The average molecular weight is 485 g/mol. The summed E-state index contributed by atoms with van der Waals surface area (Å²) in [6, 6.07) is 16.4. The summed E-state index contributed by atoms with van der Waals surface area (Å²) in [7, 11) is 0. The van der Waals surface area contributed by atoms with Gasteiger partial charge in [0.15, 0.2) is 17.7 Å². The van der Waals surface area contributed by atoms with Gasteiger partial charge in [0.05, 0.1) is 11.3 Å². The van der Waals surface area contributed by atoms with Gasteiger partial charge in [-0.25, -0.2) is 0 Å². The maximum atomic E-state index is 13.1. The Morgan fingerprint density at radius 1 is 0.833 bits per heavy atom. The van der Waals surface area contributed by atoms with E-state index in [2.05, 4.69) is 10.6 Å². The summed E-state index contributed by atoms with van der Waals surface area (Å²) in [4.78, 5) is 63.2. The summed E-state index contributed by atoms with van der Waals surface area (Å²) < 4.78 is 5.15. The summed E-state index contributed by atoms with van der Waals surface area (Å²) in [6.45, 7) is 4.68. The highest BCUT2D eigenvalue weighted by atomic mass is 16.5. The molecule has 0 saturated heterocycles. The van der Waals surface area contributed by atoms with E-state index >= 15 is 0 Å². The zero-order valence-corrected chi connectivity index (χ0v) is 20.0. The Balaban J connectivity index is 1.40. The molecule has 4 rings (SSSR count). The lowest BCUT2D eigenvalue weighted by molar-refractivity contribution is -0.152. The van der Waals surface area contributed by atoms with Crippen LogP contribution in [0.3, 0.4) is 0 Å². The standard InChI is InChI=1S/C28H24N2O6/c1-15-11-16(2)13-18(12-15)28(35)29-14-23(31)36-17(3)27(34)30-22-10-6-9-21-24(22)26(33)20-8-5-4-7-19(20)25(21)32/h4-13,17H,14H2,1-3H3,(H,29,35)(H,30,34). The highest BCUT2D eigenvalue weighted by molar-refractivity contribution is 6.30. The molecule has 0 aliphatic heterocycles. The summed E-state index contributed by atoms with van der Waals surface area (Å²) in [5.74, 6) is -2.61. The molecular weight excluding hydrogens is 460 g/mol. The fourth-order valence-electron chi connectivity index (χ4n) is 4.14. The van der Waals surface area contributed by atoms with Gasteiger partial charge >= 0.3 is 5.97 Å². The second-order valence-corrected chi connectivity index (χ2v) is 8.61. The number of rotatable bonds is 6. The number of anilines is 1. The summed E-state index contributed by atoms with van der Waals surface area (Å²) >= 11 is 0. The first-order chi connectivity index (χ1) is 17.2. The van der Waals surface area contributed by atoms with E-state index in [9.17, 15) is 24.0 Å². The minimum absolute atomic E-state index is 0.0915. The van der Waals surface area contributed by atoms with E-state index in [0.29, 0.717) is 11.1 Å². The van der Waals surface area contributed by atoms with Crippen LogP contribution in [0.2, 0.25) is 0 Å². The number of ether oxygens (including phenoxy) is 1. The first-order valence-electron chi connectivity index (χ1n) is 11.3. The molecule has 1 aliphatic rings. The molecule has 0 spiro atoms. The van der Waals surface area contributed by atoms with Crippen molar-refractivity contribution in [2.75, 3.05) is 11.9 Å². The highest BCUT2D eigenvalue weighted by Gasteiger charge is 2.32. The highest BCUT2D eigenvalue weighted by Crippen LogP contribution is 2.32. The molecule has 8 nitrogen and oxygen atoms in total. The maximum Gasteiger partial charge on any atom is 0.326 e. The molecule has 0 fully saturated rings. The molecule has 0 heterocycles. The number of ketones is 2. The third-order valence-corrected chi connectivity index (χ3v) is 5.76. The maximum absolute atomic E-state index is 13.1. The Hall–Kier alpha value is -4.59. The number of fused-ring (bicyclic) bond motifs is 2. The predicted octanol–water partition coefficient (Wildman–Crippen LogP) is 3.38. The van der Waals surface area contributed by atoms with Crippen LogP contribution in [0.5, 0.6) is 0 Å². The number of aryl methyl sites for hydroxylation is 2. The van der Waals surface area contributed by atoms with E-state index in [1.165, 1.54) is 19.1 Å². The zero-order valence-electron chi connectivity index (χ0n) is 20.0. The number of carbonyl (C=O) groups is 5. The molecule has 0 radical (unpaired) electrons. The lowest BCUT2D eigenvalue weighted by atomic mass is 9.83. The van der Waals surface area contributed by atoms with Gasteiger partial charge in [-0.1, -0.05) is 53.6 Å². The molecule has 3 aromatic carbocycles. The van der Waals surface area contributed by atoms with Crippen molar-refractivity contribution in [1.29, 1.82) is 0 Å². The van der Waals surface area contributed by atoms with Crippen LogP contribution in [-0.2, 0) is 14.3 Å². The fourth-order valence-corrected chi connectivity index (χ4v) is 4.14. The fraction of sp³-hybridized carbons (Fsp3) is 0.179. The van der Waals surface area contributed by atoms with Gasteiger partial charge in [-0.05, 0) is 39.0 Å². The smallest absolute Gasteiger partial charge is 0.326 e. The number of amides is 2. The van der Waals surface area contributed by atoms with Crippen LogP contribution in [0.4, 0.5) is 5.69 Å². The Bertz CT molecular complexity index is 1410. The van der Waals surface area contributed by atoms with Gasteiger partial charge in [0.2, 0.25) is 0 Å². The lowest BCUT2D eigenvalue weighted by Crippen LogP contribution is -2.36. The molecule has 0 bridgehead atoms. The molecule has 0 saturated carbocycles. The molecule has 2 amide bonds. The van der Waals surface area contributed by atoms with Crippen LogP contribution >= 0.6 is 0 Å². The van der Waals surface area contributed by atoms with Gasteiger partial charge in [-0.3, -0.25) is 24.0 Å².